The Morgan fingerprint density at radius 1 is 1.48 bits per heavy atom. The zero-order valence-corrected chi connectivity index (χ0v) is 13.3. The van der Waals surface area contributed by atoms with Crippen molar-refractivity contribution in [2.75, 3.05) is 13.1 Å². The van der Waals surface area contributed by atoms with E-state index >= 15 is 0 Å². The lowest BCUT2D eigenvalue weighted by Gasteiger charge is -2.25. The van der Waals surface area contributed by atoms with Crippen LogP contribution < -0.4 is 5.32 Å². The molecule has 1 N–H and O–H groups in total. The van der Waals surface area contributed by atoms with Gasteiger partial charge in [0, 0.05) is 37.8 Å². The van der Waals surface area contributed by atoms with E-state index in [9.17, 15) is 4.79 Å². The summed E-state index contributed by atoms with van der Waals surface area (Å²) in [5.41, 5.74) is 2.26. The first-order valence-electron chi connectivity index (χ1n) is 7.50. The summed E-state index contributed by atoms with van der Waals surface area (Å²) in [5.74, 6) is 0.290. The standard InChI is InChI=1S/C16H21N3OS/c1-11(10-19-6-3-4-16(19)20)18-12(2)13-8-15-14(17-9-13)5-7-21-15/h5,7-9,11-12,18H,3-4,6,10H2,1-2H3. The second-order valence-corrected chi connectivity index (χ2v) is 6.75. The quantitative estimate of drug-likeness (QED) is 0.923. The number of rotatable bonds is 5. The van der Waals surface area contributed by atoms with Gasteiger partial charge >= 0.3 is 0 Å². The van der Waals surface area contributed by atoms with Crippen LogP contribution in [0.2, 0.25) is 0 Å². The number of hydrogen-bond acceptors (Lipinski definition) is 4. The van der Waals surface area contributed by atoms with Crippen molar-refractivity contribution >= 4 is 27.5 Å². The number of thiophene rings is 1. The molecular formula is C16H21N3OS. The van der Waals surface area contributed by atoms with E-state index in [-0.39, 0.29) is 18.0 Å². The molecule has 4 nitrogen and oxygen atoms in total. The maximum Gasteiger partial charge on any atom is 0.222 e. The first kappa shape index (κ1) is 14.5. The van der Waals surface area contributed by atoms with Crippen LogP contribution in [-0.2, 0) is 4.79 Å². The average molecular weight is 303 g/mol. The van der Waals surface area contributed by atoms with Gasteiger partial charge in [0.1, 0.15) is 0 Å². The van der Waals surface area contributed by atoms with Gasteiger partial charge in [0.05, 0.1) is 10.2 Å². The molecule has 1 fully saturated rings. The summed E-state index contributed by atoms with van der Waals surface area (Å²) in [6.07, 6.45) is 3.65. The Hall–Kier alpha value is -1.46. The van der Waals surface area contributed by atoms with E-state index in [1.165, 1.54) is 10.3 Å². The molecule has 0 aliphatic carbocycles. The largest absolute Gasteiger partial charge is 0.341 e. The molecule has 1 saturated heterocycles. The molecular weight excluding hydrogens is 282 g/mol. The van der Waals surface area contributed by atoms with E-state index in [1.54, 1.807) is 11.3 Å². The number of carbonyl (C=O) groups excluding carboxylic acids is 1. The summed E-state index contributed by atoms with van der Waals surface area (Å²) in [5, 5.41) is 5.64. The Balaban J connectivity index is 1.61. The van der Waals surface area contributed by atoms with Crippen molar-refractivity contribution in [1.82, 2.24) is 15.2 Å². The molecule has 0 saturated carbocycles. The molecule has 0 bridgehead atoms. The first-order valence-corrected chi connectivity index (χ1v) is 8.38. The Morgan fingerprint density at radius 3 is 3.10 bits per heavy atom. The molecule has 0 aromatic carbocycles. The van der Waals surface area contributed by atoms with Crippen LogP contribution in [0.1, 0.15) is 38.3 Å². The van der Waals surface area contributed by atoms with Gasteiger partial charge in [-0.1, -0.05) is 0 Å². The number of hydrogen-bond donors (Lipinski definition) is 1. The Labute approximate surface area is 129 Å². The van der Waals surface area contributed by atoms with Crippen molar-refractivity contribution in [3.05, 3.63) is 29.3 Å². The summed E-state index contributed by atoms with van der Waals surface area (Å²) < 4.78 is 1.23. The summed E-state index contributed by atoms with van der Waals surface area (Å²) in [4.78, 5) is 18.1. The lowest BCUT2D eigenvalue weighted by atomic mass is 10.1. The molecule has 0 radical (unpaired) electrons. The SMILES string of the molecule is CC(CN1CCCC1=O)NC(C)c1cnc2ccsc2c1. The van der Waals surface area contributed by atoms with Gasteiger partial charge in [-0.15, -0.1) is 11.3 Å². The molecule has 5 heteroatoms. The summed E-state index contributed by atoms with van der Waals surface area (Å²) in [6.45, 7) is 5.98. The third kappa shape index (κ3) is 3.24. The predicted molar refractivity (Wildman–Crippen MR) is 86.4 cm³/mol. The lowest BCUT2D eigenvalue weighted by Crippen LogP contribution is -2.40. The van der Waals surface area contributed by atoms with Gasteiger partial charge in [0.25, 0.3) is 0 Å². The molecule has 0 spiro atoms. The van der Waals surface area contributed by atoms with E-state index in [4.69, 9.17) is 0 Å². The maximum absolute atomic E-state index is 11.7. The van der Waals surface area contributed by atoms with Crippen LogP contribution >= 0.6 is 11.3 Å². The highest BCUT2D eigenvalue weighted by Crippen LogP contribution is 2.23. The van der Waals surface area contributed by atoms with Gasteiger partial charge in [-0.2, -0.15) is 0 Å². The fourth-order valence-corrected chi connectivity index (χ4v) is 3.69. The number of carbonyl (C=O) groups is 1. The molecule has 2 atom stereocenters. The second kappa shape index (κ2) is 6.12. The molecule has 2 aromatic rings. The molecule has 3 rings (SSSR count). The Kier molecular flexibility index (Phi) is 4.22. The zero-order valence-electron chi connectivity index (χ0n) is 12.5. The molecule has 1 amide bonds. The number of amides is 1. The van der Waals surface area contributed by atoms with Crippen LogP contribution in [0.3, 0.4) is 0 Å². The van der Waals surface area contributed by atoms with E-state index in [1.807, 2.05) is 17.2 Å². The second-order valence-electron chi connectivity index (χ2n) is 5.81. The Bertz CT molecular complexity index is 639. The van der Waals surface area contributed by atoms with Crippen LogP contribution in [0.25, 0.3) is 10.2 Å². The minimum Gasteiger partial charge on any atom is -0.341 e. The van der Waals surface area contributed by atoms with Gasteiger partial charge in [-0.05, 0) is 43.3 Å². The number of likely N-dealkylation sites (tertiary alicyclic amines) is 1. The number of fused-ring (bicyclic) bond motifs is 1. The average Bonchev–Trinajstić information content (AvgIpc) is 3.07. The lowest BCUT2D eigenvalue weighted by molar-refractivity contribution is -0.127. The van der Waals surface area contributed by atoms with Gasteiger partial charge in [-0.3, -0.25) is 9.78 Å². The third-order valence-electron chi connectivity index (χ3n) is 4.02. The van der Waals surface area contributed by atoms with Crippen molar-refractivity contribution in [1.29, 1.82) is 0 Å². The van der Waals surface area contributed by atoms with Crippen LogP contribution in [0, 0.1) is 0 Å². The number of nitrogens with one attached hydrogen (secondary N) is 1. The monoisotopic (exact) mass is 303 g/mol. The summed E-state index contributed by atoms with van der Waals surface area (Å²) >= 11 is 1.72. The molecule has 1 aliphatic heterocycles. The minimum atomic E-state index is 0.233. The highest BCUT2D eigenvalue weighted by Gasteiger charge is 2.22. The highest BCUT2D eigenvalue weighted by atomic mass is 32.1. The van der Waals surface area contributed by atoms with Crippen LogP contribution in [-0.4, -0.2) is 34.9 Å². The predicted octanol–water partition coefficient (Wildman–Crippen LogP) is 2.96. The van der Waals surface area contributed by atoms with Gasteiger partial charge in [-0.25, -0.2) is 0 Å². The molecule has 2 unspecified atom stereocenters. The molecule has 3 heterocycles. The fourth-order valence-electron chi connectivity index (χ4n) is 2.90. The van der Waals surface area contributed by atoms with Crippen LogP contribution in [0.15, 0.2) is 23.7 Å². The molecule has 112 valence electrons. The van der Waals surface area contributed by atoms with Gasteiger partial charge < -0.3 is 10.2 Å². The van der Waals surface area contributed by atoms with Crippen molar-refractivity contribution < 1.29 is 4.79 Å². The van der Waals surface area contributed by atoms with E-state index < -0.39 is 0 Å². The van der Waals surface area contributed by atoms with E-state index in [2.05, 4.69) is 35.6 Å². The minimum absolute atomic E-state index is 0.233. The zero-order chi connectivity index (χ0) is 14.8. The van der Waals surface area contributed by atoms with Gasteiger partial charge in [0.15, 0.2) is 0 Å². The van der Waals surface area contributed by atoms with Crippen LogP contribution in [0.4, 0.5) is 0 Å². The number of aromatic nitrogens is 1. The third-order valence-corrected chi connectivity index (χ3v) is 4.88. The summed E-state index contributed by atoms with van der Waals surface area (Å²) in [7, 11) is 0. The van der Waals surface area contributed by atoms with Crippen LogP contribution in [0.5, 0.6) is 0 Å². The van der Waals surface area contributed by atoms with Gasteiger partial charge in [0.2, 0.25) is 5.91 Å². The van der Waals surface area contributed by atoms with Crippen molar-refractivity contribution in [3.8, 4) is 0 Å². The smallest absolute Gasteiger partial charge is 0.222 e. The Morgan fingerprint density at radius 2 is 2.33 bits per heavy atom. The van der Waals surface area contributed by atoms with Crippen molar-refractivity contribution in [2.45, 2.75) is 38.8 Å². The molecule has 2 aromatic heterocycles. The van der Waals surface area contributed by atoms with E-state index in [0.29, 0.717) is 6.42 Å². The molecule has 21 heavy (non-hydrogen) atoms. The van der Waals surface area contributed by atoms with Crippen molar-refractivity contribution in [2.24, 2.45) is 0 Å². The first-order chi connectivity index (χ1) is 10.1. The highest BCUT2D eigenvalue weighted by molar-refractivity contribution is 7.17. The normalized spacial score (nSPS) is 18.4. The maximum atomic E-state index is 11.7. The topological polar surface area (TPSA) is 45.2 Å². The number of nitrogens with zero attached hydrogens (tertiary/aromatic N) is 2. The summed E-state index contributed by atoms with van der Waals surface area (Å²) in [6, 6.07) is 4.76. The molecule has 1 aliphatic rings. The van der Waals surface area contributed by atoms with E-state index in [0.717, 1.165) is 25.0 Å². The van der Waals surface area contributed by atoms with Crippen molar-refractivity contribution in [3.63, 3.8) is 0 Å². The number of pyridine rings is 1. The fraction of sp³-hybridized carbons (Fsp3) is 0.500.